The highest BCUT2D eigenvalue weighted by molar-refractivity contribution is 6.30. The fourth-order valence-electron chi connectivity index (χ4n) is 2.44. The molecule has 2 nitrogen and oxygen atoms in total. The van der Waals surface area contributed by atoms with E-state index in [0.29, 0.717) is 17.8 Å². The first-order chi connectivity index (χ1) is 10.1. The van der Waals surface area contributed by atoms with E-state index in [0.717, 1.165) is 0 Å². The van der Waals surface area contributed by atoms with E-state index in [1.807, 2.05) is 11.8 Å². The van der Waals surface area contributed by atoms with Crippen LogP contribution in [-0.2, 0) is 0 Å². The van der Waals surface area contributed by atoms with E-state index >= 15 is 0 Å². The second kappa shape index (κ2) is 6.87. The number of halogens is 3. The highest BCUT2D eigenvalue weighted by atomic mass is 35.5. The Kier molecular flexibility index (Phi) is 5.15. The van der Waals surface area contributed by atoms with Crippen LogP contribution in [-0.4, -0.2) is 13.1 Å². The zero-order valence-electron chi connectivity index (χ0n) is 11.7. The van der Waals surface area contributed by atoms with Gasteiger partial charge in [0.05, 0.1) is 11.1 Å². The summed E-state index contributed by atoms with van der Waals surface area (Å²) in [7, 11) is 0. The van der Waals surface area contributed by atoms with Gasteiger partial charge in [-0.25, -0.2) is 8.78 Å². The summed E-state index contributed by atoms with van der Waals surface area (Å²) in [6, 6.07) is 10.6. The van der Waals surface area contributed by atoms with Gasteiger partial charge in [0, 0.05) is 24.3 Å². The normalized spacial score (nSPS) is 12.2. The molecule has 0 aliphatic carbocycles. The van der Waals surface area contributed by atoms with E-state index in [-0.39, 0.29) is 17.4 Å². The smallest absolute Gasteiger partial charge is 0.147 e. The topological polar surface area (TPSA) is 29.3 Å². The third-order valence-corrected chi connectivity index (χ3v) is 3.71. The molecule has 0 fully saturated rings. The van der Waals surface area contributed by atoms with Crippen molar-refractivity contribution in [1.82, 2.24) is 0 Å². The van der Waals surface area contributed by atoms with Crippen molar-refractivity contribution in [3.8, 4) is 0 Å². The van der Waals surface area contributed by atoms with Crippen LogP contribution in [0.15, 0.2) is 42.5 Å². The van der Waals surface area contributed by atoms with E-state index in [4.69, 9.17) is 17.3 Å². The van der Waals surface area contributed by atoms with Crippen molar-refractivity contribution < 1.29 is 8.78 Å². The lowest BCUT2D eigenvalue weighted by atomic mass is 10.0. The Morgan fingerprint density at radius 2 is 1.90 bits per heavy atom. The number of anilines is 1. The Morgan fingerprint density at radius 3 is 2.52 bits per heavy atom. The molecule has 2 aromatic rings. The second-order valence-electron chi connectivity index (χ2n) is 4.66. The van der Waals surface area contributed by atoms with Crippen molar-refractivity contribution in [2.24, 2.45) is 5.73 Å². The number of benzene rings is 2. The van der Waals surface area contributed by atoms with Crippen LogP contribution in [0.5, 0.6) is 0 Å². The summed E-state index contributed by atoms with van der Waals surface area (Å²) in [4.78, 5) is 1.86. The molecule has 0 spiro atoms. The van der Waals surface area contributed by atoms with Crippen LogP contribution < -0.4 is 10.6 Å². The largest absolute Gasteiger partial charge is 0.363 e. The van der Waals surface area contributed by atoms with Crippen molar-refractivity contribution in [3.63, 3.8) is 0 Å². The maximum atomic E-state index is 14.2. The Labute approximate surface area is 128 Å². The van der Waals surface area contributed by atoms with Gasteiger partial charge in [0.25, 0.3) is 0 Å². The van der Waals surface area contributed by atoms with Crippen LogP contribution in [0.1, 0.15) is 18.5 Å². The van der Waals surface area contributed by atoms with Gasteiger partial charge in [0.2, 0.25) is 0 Å². The molecular formula is C16H17ClF2N2. The Hall–Kier alpha value is -1.65. The first-order valence-electron chi connectivity index (χ1n) is 6.74. The molecule has 5 heteroatoms. The fourth-order valence-corrected chi connectivity index (χ4v) is 2.62. The summed E-state index contributed by atoms with van der Waals surface area (Å²) < 4.78 is 27.7. The summed E-state index contributed by atoms with van der Waals surface area (Å²) in [6.45, 7) is 2.68. The van der Waals surface area contributed by atoms with Crippen LogP contribution in [0.4, 0.5) is 14.5 Å². The number of hydrogen-bond acceptors (Lipinski definition) is 2. The Balaban J connectivity index is 2.45. The molecule has 0 aromatic heterocycles. The van der Waals surface area contributed by atoms with Crippen molar-refractivity contribution in [2.75, 3.05) is 18.0 Å². The predicted molar refractivity (Wildman–Crippen MR) is 82.6 cm³/mol. The highest BCUT2D eigenvalue weighted by Crippen LogP contribution is 2.30. The number of rotatable bonds is 5. The Bertz CT molecular complexity index is 619. The quantitative estimate of drug-likeness (QED) is 0.899. The summed E-state index contributed by atoms with van der Waals surface area (Å²) in [5.74, 6) is -0.822. The van der Waals surface area contributed by atoms with Gasteiger partial charge in [-0.1, -0.05) is 29.8 Å². The van der Waals surface area contributed by atoms with Gasteiger partial charge >= 0.3 is 0 Å². The van der Waals surface area contributed by atoms with E-state index in [9.17, 15) is 8.78 Å². The van der Waals surface area contributed by atoms with E-state index in [1.165, 1.54) is 18.2 Å². The SMILES string of the molecule is CCN(c1cccc(F)c1)C(CN)c1cccc(Cl)c1F. The number of hydrogen-bond donors (Lipinski definition) is 1. The van der Waals surface area contributed by atoms with E-state index in [2.05, 4.69) is 0 Å². The molecule has 0 saturated carbocycles. The van der Waals surface area contributed by atoms with E-state index in [1.54, 1.807) is 24.3 Å². The highest BCUT2D eigenvalue weighted by Gasteiger charge is 2.22. The van der Waals surface area contributed by atoms with Gasteiger partial charge in [0.15, 0.2) is 0 Å². The Morgan fingerprint density at radius 1 is 1.19 bits per heavy atom. The lowest BCUT2D eigenvalue weighted by Gasteiger charge is -2.32. The molecule has 2 aromatic carbocycles. The minimum Gasteiger partial charge on any atom is -0.363 e. The van der Waals surface area contributed by atoms with Crippen LogP contribution in [0.2, 0.25) is 5.02 Å². The summed E-state index contributed by atoms with van der Waals surface area (Å²) in [5.41, 5.74) is 6.90. The molecule has 0 bridgehead atoms. The van der Waals surface area contributed by atoms with Crippen LogP contribution in [0, 0.1) is 11.6 Å². The predicted octanol–water partition coefficient (Wildman–Crippen LogP) is 4.14. The van der Waals surface area contributed by atoms with Crippen LogP contribution >= 0.6 is 11.6 Å². The summed E-state index contributed by atoms with van der Waals surface area (Å²) >= 11 is 5.84. The molecule has 0 heterocycles. The lowest BCUT2D eigenvalue weighted by Crippen LogP contribution is -2.34. The maximum Gasteiger partial charge on any atom is 0.147 e. The molecule has 0 saturated heterocycles. The average Bonchev–Trinajstić information content (AvgIpc) is 2.48. The first-order valence-corrected chi connectivity index (χ1v) is 7.12. The molecule has 21 heavy (non-hydrogen) atoms. The minimum atomic E-state index is -0.482. The second-order valence-corrected chi connectivity index (χ2v) is 5.07. The van der Waals surface area contributed by atoms with Crippen molar-refractivity contribution in [3.05, 3.63) is 64.7 Å². The zero-order chi connectivity index (χ0) is 15.4. The van der Waals surface area contributed by atoms with Gasteiger partial charge in [0.1, 0.15) is 11.6 Å². The molecule has 0 aliphatic rings. The molecule has 0 radical (unpaired) electrons. The first kappa shape index (κ1) is 15.7. The zero-order valence-corrected chi connectivity index (χ0v) is 12.4. The third-order valence-electron chi connectivity index (χ3n) is 3.42. The summed E-state index contributed by atoms with van der Waals surface area (Å²) in [6.07, 6.45) is 0. The average molecular weight is 311 g/mol. The molecule has 2 N–H and O–H groups in total. The van der Waals surface area contributed by atoms with Crippen molar-refractivity contribution >= 4 is 17.3 Å². The molecule has 0 amide bonds. The standard InChI is InChI=1S/C16H17ClF2N2/c1-2-21(12-6-3-5-11(18)9-12)15(10-20)13-7-4-8-14(17)16(13)19/h3-9,15H,2,10,20H2,1H3. The minimum absolute atomic E-state index is 0.0567. The molecule has 1 atom stereocenters. The van der Waals surface area contributed by atoms with Crippen molar-refractivity contribution in [2.45, 2.75) is 13.0 Å². The molecule has 2 rings (SSSR count). The van der Waals surface area contributed by atoms with Crippen molar-refractivity contribution in [1.29, 1.82) is 0 Å². The van der Waals surface area contributed by atoms with Gasteiger partial charge in [-0.3, -0.25) is 0 Å². The molecular weight excluding hydrogens is 294 g/mol. The molecule has 1 unspecified atom stereocenters. The van der Waals surface area contributed by atoms with Gasteiger partial charge in [-0.2, -0.15) is 0 Å². The lowest BCUT2D eigenvalue weighted by molar-refractivity contribution is 0.561. The number of nitrogens with two attached hydrogens (primary N) is 1. The molecule has 0 aliphatic heterocycles. The summed E-state index contributed by atoms with van der Waals surface area (Å²) in [5, 5.41) is 0.0567. The number of likely N-dealkylation sites (N-methyl/N-ethyl adjacent to an activating group) is 1. The third kappa shape index (κ3) is 3.34. The van der Waals surface area contributed by atoms with Gasteiger partial charge < -0.3 is 10.6 Å². The van der Waals surface area contributed by atoms with Gasteiger partial charge in [-0.05, 0) is 31.2 Å². The molecule has 112 valence electrons. The van der Waals surface area contributed by atoms with Crippen LogP contribution in [0.25, 0.3) is 0 Å². The van der Waals surface area contributed by atoms with Crippen LogP contribution in [0.3, 0.4) is 0 Å². The number of nitrogens with zero attached hydrogens (tertiary/aromatic N) is 1. The van der Waals surface area contributed by atoms with E-state index < -0.39 is 11.9 Å². The monoisotopic (exact) mass is 310 g/mol. The maximum absolute atomic E-state index is 14.2. The van der Waals surface area contributed by atoms with Gasteiger partial charge in [-0.15, -0.1) is 0 Å². The fraction of sp³-hybridized carbons (Fsp3) is 0.250.